The molecule has 0 amide bonds. The Morgan fingerprint density at radius 2 is 2.29 bits per heavy atom. The molecular formula is C10H13ClFNO. The maximum absolute atomic E-state index is 13.0. The Hall–Kier alpha value is -0.640. The van der Waals surface area contributed by atoms with E-state index >= 15 is 0 Å². The van der Waals surface area contributed by atoms with E-state index in [1.54, 1.807) is 6.07 Å². The van der Waals surface area contributed by atoms with Gasteiger partial charge < -0.3 is 10.4 Å². The van der Waals surface area contributed by atoms with Gasteiger partial charge in [0, 0.05) is 12.6 Å². The van der Waals surface area contributed by atoms with Gasteiger partial charge in [-0.1, -0.05) is 17.7 Å². The minimum atomic E-state index is -0.414. The number of hydrogen-bond acceptors (Lipinski definition) is 2. The lowest BCUT2D eigenvalue weighted by atomic mass is 10.2. The smallest absolute Gasteiger partial charge is 0.142 e. The van der Waals surface area contributed by atoms with Gasteiger partial charge in [0.15, 0.2) is 0 Å². The lowest BCUT2D eigenvalue weighted by Gasteiger charge is -2.10. The molecule has 0 fully saturated rings. The van der Waals surface area contributed by atoms with Crippen molar-refractivity contribution < 1.29 is 9.50 Å². The summed E-state index contributed by atoms with van der Waals surface area (Å²) in [5, 5.41) is 11.9. The van der Waals surface area contributed by atoms with Gasteiger partial charge in [-0.05, 0) is 24.6 Å². The highest BCUT2D eigenvalue weighted by molar-refractivity contribution is 6.30. The molecule has 4 heteroatoms. The lowest BCUT2D eigenvalue weighted by molar-refractivity contribution is 0.251. The molecule has 1 atom stereocenters. The van der Waals surface area contributed by atoms with E-state index in [1.807, 2.05) is 6.92 Å². The number of aliphatic hydroxyl groups excluding tert-OH is 1. The average molecular weight is 218 g/mol. The number of halogens is 2. The Morgan fingerprint density at radius 1 is 1.57 bits per heavy atom. The topological polar surface area (TPSA) is 32.3 Å². The molecule has 78 valence electrons. The molecule has 0 bridgehead atoms. The molecule has 0 heterocycles. The standard InChI is InChI=1S/C10H13ClFNO/c1-7(6-14)13-5-8-2-3-9(11)10(12)4-8/h2-4,7,13-14H,5-6H2,1H3. The van der Waals surface area contributed by atoms with E-state index in [9.17, 15) is 4.39 Å². The van der Waals surface area contributed by atoms with Gasteiger partial charge >= 0.3 is 0 Å². The largest absolute Gasteiger partial charge is 0.395 e. The van der Waals surface area contributed by atoms with Gasteiger partial charge in [0.05, 0.1) is 11.6 Å². The normalized spacial score (nSPS) is 12.9. The third-order valence-corrected chi connectivity index (χ3v) is 2.22. The number of aliphatic hydroxyl groups is 1. The summed E-state index contributed by atoms with van der Waals surface area (Å²) in [6.07, 6.45) is 0. The van der Waals surface area contributed by atoms with Crippen LogP contribution in [0.15, 0.2) is 18.2 Å². The first-order valence-electron chi connectivity index (χ1n) is 4.41. The highest BCUT2D eigenvalue weighted by atomic mass is 35.5. The number of hydrogen-bond donors (Lipinski definition) is 2. The van der Waals surface area contributed by atoms with Crippen LogP contribution in [0, 0.1) is 5.82 Å². The van der Waals surface area contributed by atoms with E-state index in [0.29, 0.717) is 6.54 Å². The van der Waals surface area contributed by atoms with Crippen LogP contribution >= 0.6 is 11.6 Å². The van der Waals surface area contributed by atoms with Gasteiger partial charge in [0.2, 0.25) is 0 Å². The van der Waals surface area contributed by atoms with Gasteiger partial charge in [-0.2, -0.15) is 0 Å². The molecule has 1 aromatic carbocycles. The summed E-state index contributed by atoms with van der Waals surface area (Å²) in [4.78, 5) is 0. The molecular weight excluding hydrogens is 205 g/mol. The number of rotatable bonds is 4. The molecule has 1 unspecified atom stereocenters. The quantitative estimate of drug-likeness (QED) is 0.808. The third kappa shape index (κ3) is 3.25. The summed E-state index contributed by atoms with van der Waals surface area (Å²) in [5.74, 6) is -0.414. The van der Waals surface area contributed by atoms with Crippen molar-refractivity contribution in [2.75, 3.05) is 6.61 Å². The van der Waals surface area contributed by atoms with Crippen LogP contribution in [0.25, 0.3) is 0 Å². The van der Waals surface area contributed by atoms with E-state index < -0.39 is 5.82 Å². The molecule has 0 aromatic heterocycles. The zero-order valence-corrected chi connectivity index (χ0v) is 8.68. The Bertz CT molecular complexity index is 306. The van der Waals surface area contributed by atoms with E-state index in [1.165, 1.54) is 12.1 Å². The molecule has 0 aliphatic rings. The van der Waals surface area contributed by atoms with Crippen molar-refractivity contribution >= 4 is 11.6 Å². The van der Waals surface area contributed by atoms with Crippen molar-refractivity contribution in [3.8, 4) is 0 Å². The van der Waals surface area contributed by atoms with Crippen LogP contribution in [-0.2, 0) is 6.54 Å². The highest BCUT2D eigenvalue weighted by Gasteiger charge is 2.02. The van der Waals surface area contributed by atoms with Gasteiger partial charge in [0.25, 0.3) is 0 Å². The highest BCUT2D eigenvalue weighted by Crippen LogP contribution is 2.15. The van der Waals surface area contributed by atoms with E-state index in [4.69, 9.17) is 16.7 Å². The molecule has 2 nitrogen and oxygen atoms in total. The fraction of sp³-hybridized carbons (Fsp3) is 0.400. The fourth-order valence-corrected chi connectivity index (χ4v) is 1.12. The number of nitrogens with one attached hydrogen (secondary N) is 1. The van der Waals surface area contributed by atoms with Gasteiger partial charge in [-0.3, -0.25) is 0 Å². The summed E-state index contributed by atoms with van der Waals surface area (Å²) in [5.41, 5.74) is 0.812. The molecule has 2 N–H and O–H groups in total. The molecule has 0 spiro atoms. The Balaban J connectivity index is 2.55. The minimum Gasteiger partial charge on any atom is -0.395 e. The predicted molar refractivity (Wildman–Crippen MR) is 54.8 cm³/mol. The van der Waals surface area contributed by atoms with E-state index in [-0.39, 0.29) is 17.7 Å². The van der Waals surface area contributed by atoms with Gasteiger partial charge in [-0.25, -0.2) is 4.39 Å². The first-order chi connectivity index (χ1) is 6.63. The van der Waals surface area contributed by atoms with Crippen LogP contribution in [0.5, 0.6) is 0 Å². The Kier molecular flexibility index (Phi) is 4.32. The minimum absolute atomic E-state index is 0.00809. The molecule has 0 aliphatic heterocycles. The summed E-state index contributed by atoms with van der Waals surface area (Å²) >= 11 is 5.54. The monoisotopic (exact) mass is 217 g/mol. The third-order valence-electron chi connectivity index (χ3n) is 1.91. The van der Waals surface area contributed by atoms with Crippen molar-refractivity contribution in [1.82, 2.24) is 5.32 Å². The fourth-order valence-electron chi connectivity index (χ4n) is 1.01. The van der Waals surface area contributed by atoms with Crippen molar-refractivity contribution in [3.63, 3.8) is 0 Å². The second kappa shape index (κ2) is 5.29. The maximum Gasteiger partial charge on any atom is 0.142 e. The zero-order chi connectivity index (χ0) is 10.6. The molecule has 1 aromatic rings. The number of benzene rings is 1. The second-order valence-corrected chi connectivity index (χ2v) is 3.62. The Labute approximate surface area is 87.7 Å². The lowest BCUT2D eigenvalue weighted by Crippen LogP contribution is -2.28. The van der Waals surface area contributed by atoms with Crippen LogP contribution in [0.2, 0.25) is 5.02 Å². The van der Waals surface area contributed by atoms with Crippen LogP contribution in [0.4, 0.5) is 4.39 Å². The second-order valence-electron chi connectivity index (χ2n) is 3.21. The molecule has 0 saturated carbocycles. The van der Waals surface area contributed by atoms with Gasteiger partial charge in [-0.15, -0.1) is 0 Å². The molecule has 0 aliphatic carbocycles. The molecule has 0 saturated heterocycles. The maximum atomic E-state index is 13.0. The first kappa shape index (κ1) is 11.4. The van der Waals surface area contributed by atoms with Crippen LogP contribution < -0.4 is 5.32 Å². The van der Waals surface area contributed by atoms with Crippen molar-refractivity contribution in [3.05, 3.63) is 34.6 Å². The molecule has 0 radical (unpaired) electrons. The average Bonchev–Trinajstić information content (AvgIpc) is 2.19. The summed E-state index contributed by atoms with van der Waals surface area (Å²) in [7, 11) is 0. The van der Waals surface area contributed by atoms with Crippen LogP contribution in [0.1, 0.15) is 12.5 Å². The van der Waals surface area contributed by atoms with Crippen molar-refractivity contribution in [1.29, 1.82) is 0 Å². The van der Waals surface area contributed by atoms with E-state index in [2.05, 4.69) is 5.32 Å². The van der Waals surface area contributed by atoms with Gasteiger partial charge in [0.1, 0.15) is 5.82 Å². The van der Waals surface area contributed by atoms with Crippen LogP contribution in [-0.4, -0.2) is 17.8 Å². The molecule has 14 heavy (non-hydrogen) atoms. The van der Waals surface area contributed by atoms with Crippen molar-refractivity contribution in [2.45, 2.75) is 19.5 Å². The summed E-state index contributed by atoms with van der Waals surface area (Å²) in [6, 6.07) is 4.67. The first-order valence-corrected chi connectivity index (χ1v) is 4.79. The zero-order valence-electron chi connectivity index (χ0n) is 7.93. The SMILES string of the molecule is CC(CO)NCc1ccc(Cl)c(F)c1. The van der Waals surface area contributed by atoms with E-state index in [0.717, 1.165) is 5.56 Å². The Morgan fingerprint density at radius 3 is 2.86 bits per heavy atom. The predicted octanol–water partition coefficient (Wildman–Crippen LogP) is 1.95. The summed E-state index contributed by atoms with van der Waals surface area (Å²) < 4.78 is 13.0. The van der Waals surface area contributed by atoms with Crippen molar-refractivity contribution in [2.24, 2.45) is 0 Å². The molecule has 1 rings (SSSR count). The van der Waals surface area contributed by atoms with Crippen LogP contribution in [0.3, 0.4) is 0 Å². The summed E-state index contributed by atoms with van der Waals surface area (Å²) in [6.45, 7) is 2.44.